The maximum Gasteiger partial charge on any atom is 0.155 e. The Labute approximate surface area is 62.8 Å². The van der Waals surface area contributed by atoms with Crippen molar-refractivity contribution in [1.82, 2.24) is 0 Å². The molecule has 0 aliphatic rings. The molecule has 10 heavy (non-hydrogen) atoms. The van der Waals surface area contributed by atoms with Gasteiger partial charge in [0.1, 0.15) is 0 Å². The second-order valence-corrected chi connectivity index (χ2v) is 2.78. The predicted octanol–water partition coefficient (Wildman–Crippen LogP) is -0.130. The third-order valence-corrected chi connectivity index (χ3v) is 1.67. The number of methoxy groups -OCH3 is 2. The van der Waals surface area contributed by atoms with Crippen LogP contribution in [0, 0.1) is 0 Å². The van der Waals surface area contributed by atoms with E-state index in [1.54, 1.807) is 0 Å². The van der Waals surface area contributed by atoms with Crippen molar-refractivity contribution < 1.29 is 18.2 Å². The highest BCUT2D eigenvalue weighted by molar-refractivity contribution is 7.79. The first-order valence-electron chi connectivity index (χ1n) is 2.80. The zero-order chi connectivity index (χ0) is 7.98. The predicted molar refractivity (Wildman–Crippen MR) is 38.3 cm³/mol. The van der Waals surface area contributed by atoms with Crippen LogP contribution >= 0.6 is 0 Å². The van der Waals surface area contributed by atoms with Gasteiger partial charge in [-0.3, -0.25) is 0 Å². The lowest BCUT2D eigenvalue weighted by Crippen LogP contribution is -2.24. The van der Waals surface area contributed by atoms with Crippen LogP contribution in [0.5, 0.6) is 0 Å². The Morgan fingerprint density at radius 2 is 2.20 bits per heavy atom. The van der Waals surface area contributed by atoms with Gasteiger partial charge in [0.25, 0.3) is 0 Å². The van der Waals surface area contributed by atoms with E-state index in [1.807, 2.05) is 0 Å². The summed E-state index contributed by atoms with van der Waals surface area (Å²) in [5.74, 6) is 0.102. The standard InChI is InChI=1S/C5H12O4S/c1-8-3-5(9-2)4-10(6)7/h5H,3-4H2,1-2H3,(H,6,7). The van der Waals surface area contributed by atoms with Crippen LogP contribution < -0.4 is 0 Å². The minimum Gasteiger partial charge on any atom is -0.382 e. The Bertz CT molecular complexity index is 106. The maximum absolute atomic E-state index is 10.2. The first kappa shape index (κ1) is 10.0. The van der Waals surface area contributed by atoms with Gasteiger partial charge >= 0.3 is 0 Å². The highest BCUT2D eigenvalue weighted by Gasteiger charge is 2.09. The molecule has 0 saturated carbocycles. The summed E-state index contributed by atoms with van der Waals surface area (Å²) in [7, 11) is 3.00. The molecule has 0 saturated heterocycles. The van der Waals surface area contributed by atoms with Crippen molar-refractivity contribution in [3.05, 3.63) is 0 Å². The van der Waals surface area contributed by atoms with Gasteiger partial charge in [-0.05, 0) is 0 Å². The summed E-state index contributed by atoms with van der Waals surface area (Å²) in [5, 5.41) is 0. The van der Waals surface area contributed by atoms with Crippen LogP contribution in [0.1, 0.15) is 0 Å². The molecule has 0 bridgehead atoms. The zero-order valence-electron chi connectivity index (χ0n) is 6.07. The molecular formula is C5H12O4S. The molecule has 0 radical (unpaired) electrons. The van der Waals surface area contributed by atoms with E-state index in [0.717, 1.165) is 0 Å². The zero-order valence-corrected chi connectivity index (χ0v) is 6.89. The minimum absolute atomic E-state index is 0.102. The molecule has 0 heterocycles. The molecule has 0 aliphatic heterocycles. The molecule has 0 aliphatic carbocycles. The number of rotatable bonds is 5. The van der Waals surface area contributed by atoms with Gasteiger partial charge in [-0.2, -0.15) is 0 Å². The maximum atomic E-state index is 10.2. The highest BCUT2D eigenvalue weighted by atomic mass is 32.2. The summed E-state index contributed by atoms with van der Waals surface area (Å²) in [6.45, 7) is 0.350. The Kier molecular flexibility index (Phi) is 5.81. The van der Waals surface area contributed by atoms with Crippen molar-refractivity contribution in [2.75, 3.05) is 26.6 Å². The van der Waals surface area contributed by atoms with Crippen LogP contribution in [-0.2, 0) is 20.6 Å². The topological polar surface area (TPSA) is 55.8 Å². The second-order valence-electron chi connectivity index (χ2n) is 1.80. The molecule has 0 aromatic rings. The van der Waals surface area contributed by atoms with Crippen molar-refractivity contribution in [3.8, 4) is 0 Å². The molecule has 0 aromatic heterocycles. The molecule has 0 spiro atoms. The molecule has 2 atom stereocenters. The monoisotopic (exact) mass is 168 g/mol. The van der Waals surface area contributed by atoms with Gasteiger partial charge in [0.15, 0.2) is 11.1 Å². The number of ether oxygens (including phenoxy) is 2. The van der Waals surface area contributed by atoms with Crippen LogP contribution in [0.4, 0.5) is 0 Å². The molecule has 4 nitrogen and oxygen atoms in total. The molecule has 1 N–H and O–H groups in total. The lowest BCUT2D eigenvalue weighted by Gasteiger charge is -2.10. The summed E-state index contributed by atoms with van der Waals surface area (Å²) in [6, 6.07) is 0. The SMILES string of the molecule is COCC(CS(=O)O)OC. The Morgan fingerprint density at radius 1 is 1.60 bits per heavy atom. The van der Waals surface area contributed by atoms with E-state index in [2.05, 4.69) is 0 Å². The van der Waals surface area contributed by atoms with E-state index >= 15 is 0 Å². The quantitative estimate of drug-likeness (QED) is 0.581. The lowest BCUT2D eigenvalue weighted by molar-refractivity contribution is 0.0419. The van der Waals surface area contributed by atoms with E-state index in [4.69, 9.17) is 14.0 Å². The van der Waals surface area contributed by atoms with E-state index in [1.165, 1.54) is 14.2 Å². The largest absolute Gasteiger partial charge is 0.382 e. The average molecular weight is 168 g/mol. The van der Waals surface area contributed by atoms with Crippen molar-refractivity contribution in [2.45, 2.75) is 6.10 Å². The molecule has 2 unspecified atom stereocenters. The van der Waals surface area contributed by atoms with Crippen LogP contribution in [0.3, 0.4) is 0 Å². The van der Waals surface area contributed by atoms with E-state index in [9.17, 15) is 4.21 Å². The van der Waals surface area contributed by atoms with Crippen LogP contribution in [0.2, 0.25) is 0 Å². The normalized spacial score (nSPS) is 16.7. The van der Waals surface area contributed by atoms with Crippen LogP contribution in [0.25, 0.3) is 0 Å². The Balaban J connectivity index is 3.49. The molecular weight excluding hydrogens is 156 g/mol. The van der Waals surface area contributed by atoms with Gasteiger partial charge in [-0.1, -0.05) is 0 Å². The minimum atomic E-state index is -1.80. The third kappa shape index (κ3) is 4.87. The highest BCUT2D eigenvalue weighted by Crippen LogP contribution is 1.92. The smallest absolute Gasteiger partial charge is 0.155 e. The van der Waals surface area contributed by atoms with E-state index < -0.39 is 11.1 Å². The fourth-order valence-corrected chi connectivity index (χ4v) is 1.08. The van der Waals surface area contributed by atoms with Crippen molar-refractivity contribution in [2.24, 2.45) is 0 Å². The summed E-state index contributed by atoms with van der Waals surface area (Å²) in [5.41, 5.74) is 0. The number of hydrogen-bond acceptors (Lipinski definition) is 3. The third-order valence-electron chi connectivity index (χ3n) is 1.01. The fourth-order valence-electron chi connectivity index (χ4n) is 0.529. The molecule has 0 rings (SSSR count). The van der Waals surface area contributed by atoms with Gasteiger partial charge in [0, 0.05) is 14.2 Å². The van der Waals surface area contributed by atoms with Gasteiger partial charge in [-0.25, -0.2) is 4.21 Å². The van der Waals surface area contributed by atoms with Gasteiger partial charge in [-0.15, -0.1) is 0 Å². The Hall–Kier alpha value is 0.0300. The molecule has 0 aromatic carbocycles. The molecule has 62 valence electrons. The van der Waals surface area contributed by atoms with Crippen molar-refractivity contribution >= 4 is 11.1 Å². The average Bonchev–Trinajstić information content (AvgIpc) is 1.86. The first-order valence-corrected chi connectivity index (χ1v) is 4.07. The fraction of sp³-hybridized carbons (Fsp3) is 1.00. The van der Waals surface area contributed by atoms with Gasteiger partial charge < -0.3 is 14.0 Å². The van der Waals surface area contributed by atoms with Crippen molar-refractivity contribution in [3.63, 3.8) is 0 Å². The van der Waals surface area contributed by atoms with E-state index in [-0.39, 0.29) is 11.9 Å². The van der Waals surface area contributed by atoms with Gasteiger partial charge in [0.2, 0.25) is 0 Å². The van der Waals surface area contributed by atoms with Gasteiger partial charge in [0.05, 0.1) is 18.5 Å². The van der Waals surface area contributed by atoms with Crippen LogP contribution in [-0.4, -0.2) is 41.4 Å². The number of hydrogen-bond donors (Lipinski definition) is 1. The molecule has 0 amide bonds. The second kappa shape index (κ2) is 5.79. The molecule has 0 fully saturated rings. The molecule has 5 heteroatoms. The summed E-state index contributed by atoms with van der Waals surface area (Å²) in [4.78, 5) is 0. The Morgan fingerprint density at radius 3 is 2.50 bits per heavy atom. The summed E-state index contributed by atoms with van der Waals surface area (Å²) < 4.78 is 28.2. The van der Waals surface area contributed by atoms with Crippen LogP contribution in [0.15, 0.2) is 0 Å². The first-order chi connectivity index (χ1) is 4.70. The van der Waals surface area contributed by atoms with Crippen molar-refractivity contribution in [1.29, 1.82) is 0 Å². The summed E-state index contributed by atoms with van der Waals surface area (Å²) >= 11 is -1.80. The lowest BCUT2D eigenvalue weighted by atomic mass is 10.4. The van der Waals surface area contributed by atoms with E-state index in [0.29, 0.717) is 6.61 Å². The summed E-state index contributed by atoms with van der Waals surface area (Å²) in [6.07, 6.45) is -0.282.